The first-order valence-electron chi connectivity index (χ1n) is 8.19. The molecule has 2 amide bonds. The van der Waals surface area contributed by atoms with E-state index in [2.05, 4.69) is 4.99 Å². The highest BCUT2D eigenvalue weighted by Crippen LogP contribution is 2.15. The van der Waals surface area contributed by atoms with E-state index in [9.17, 15) is 9.59 Å². The molecule has 0 aromatic heterocycles. The molecule has 0 unspecified atom stereocenters. The van der Waals surface area contributed by atoms with Crippen LogP contribution >= 0.6 is 0 Å². The lowest BCUT2D eigenvalue weighted by atomic mass is 10.2. The highest BCUT2D eigenvalue weighted by atomic mass is 16.6. The fraction of sp³-hybridized carbons (Fsp3) is 0.500. The van der Waals surface area contributed by atoms with Crippen molar-refractivity contribution in [1.82, 2.24) is 4.90 Å². The third kappa shape index (κ3) is 7.42. The number of benzene rings is 1. The third-order valence-corrected chi connectivity index (χ3v) is 2.78. The molecule has 0 bridgehead atoms. The number of rotatable bonds is 2. The Labute approximate surface area is 154 Å². The molecule has 0 heterocycles. The van der Waals surface area contributed by atoms with Gasteiger partial charge in [-0.15, -0.1) is 4.90 Å². The van der Waals surface area contributed by atoms with E-state index in [0.29, 0.717) is 10.6 Å². The largest absolute Gasteiger partial charge is 0.443 e. The Morgan fingerprint density at radius 1 is 0.962 bits per heavy atom. The van der Waals surface area contributed by atoms with Gasteiger partial charge in [0.05, 0.1) is 6.54 Å². The average Bonchev–Trinajstić information content (AvgIpc) is 2.42. The second-order valence-corrected chi connectivity index (χ2v) is 7.71. The molecule has 0 saturated heterocycles. The molecule has 0 saturated carbocycles. The van der Waals surface area contributed by atoms with E-state index in [-0.39, 0.29) is 12.5 Å². The summed E-state index contributed by atoms with van der Waals surface area (Å²) in [6, 6.07) is 7.00. The lowest BCUT2D eigenvalue weighted by Gasteiger charge is -2.27. The van der Waals surface area contributed by atoms with Gasteiger partial charge in [-0.1, -0.05) is 12.1 Å². The molecule has 1 rings (SSSR count). The van der Waals surface area contributed by atoms with Gasteiger partial charge < -0.3 is 20.9 Å². The molecule has 4 N–H and O–H groups in total. The first kappa shape index (κ1) is 21.3. The van der Waals surface area contributed by atoms with Crippen LogP contribution in [-0.2, 0) is 16.0 Å². The van der Waals surface area contributed by atoms with Crippen LogP contribution in [0.5, 0.6) is 0 Å². The van der Waals surface area contributed by atoms with E-state index >= 15 is 0 Å². The van der Waals surface area contributed by atoms with Crippen molar-refractivity contribution in [1.29, 1.82) is 0 Å². The number of nitrogens with zero attached hydrogens (tertiary/aromatic N) is 2. The Hall–Kier alpha value is -2.77. The Morgan fingerprint density at radius 2 is 1.38 bits per heavy atom. The van der Waals surface area contributed by atoms with Crippen molar-refractivity contribution >= 4 is 23.8 Å². The predicted molar refractivity (Wildman–Crippen MR) is 100 cm³/mol. The second kappa shape index (κ2) is 8.07. The minimum Gasteiger partial charge on any atom is -0.443 e. The maximum atomic E-state index is 12.4. The van der Waals surface area contributed by atoms with E-state index in [4.69, 9.17) is 20.9 Å². The first-order chi connectivity index (χ1) is 11.8. The molecule has 0 aliphatic carbocycles. The normalized spacial score (nSPS) is 12.5. The number of aliphatic imine (C=N–C) groups is 1. The molecule has 144 valence electrons. The maximum Gasteiger partial charge on any atom is 0.427 e. The van der Waals surface area contributed by atoms with Gasteiger partial charge in [-0.25, -0.2) is 14.6 Å². The van der Waals surface area contributed by atoms with Gasteiger partial charge in [0, 0.05) is 5.69 Å². The predicted octanol–water partition coefficient (Wildman–Crippen LogP) is 3.26. The van der Waals surface area contributed by atoms with E-state index in [0.717, 1.165) is 5.56 Å². The highest BCUT2D eigenvalue weighted by molar-refractivity contribution is 6.07. The van der Waals surface area contributed by atoms with Gasteiger partial charge in [0.25, 0.3) is 0 Å². The SMILES string of the molecule is CC(C)(C)OC(=O)N(C(=O)OC(C)(C)C)/C(N)=N/Cc1ccc(N)cc1. The maximum absolute atomic E-state index is 12.4. The molecule has 26 heavy (non-hydrogen) atoms. The fourth-order valence-electron chi connectivity index (χ4n) is 1.74. The van der Waals surface area contributed by atoms with Crippen LogP contribution in [0.15, 0.2) is 29.3 Å². The molecule has 0 radical (unpaired) electrons. The van der Waals surface area contributed by atoms with Crippen molar-refractivity contribution < 1.29 is 19.1 Å². The molecule has 1 aromatic rings. The Morgan fingerprint density at radius 3 is 1.77 bits per heavy atom. The third-order valence-electron chi connectivity index (χ3n) is 2.78. The van der Waals surface area contributed by atoms with Crippen LogP contribution in [-0.4, -0.2) is 34.2 Å². The lowest BCUT2D eigenvalue weighted by molar-refractivity contribution is 0.0145. The number of nitrogen functional groups attached to an aromatic ring is 1. The summed E-state index contributed by atoms with van der Waals surface area (Å²) in [4.78, 5) is 29.5. The quantitative estimate of drug-likeness (QED) is 0.472. The van der Waals surface area contributed by atoms with E-state index in [1.54, 1.807) is 65.8 Å². The Bertz CT molecular complexity index is 642. The van der Waals surface area contributed by atoms with Crippen molar-refractivity contribution in [3.8, 4) is 0 Å². The summed E-state index contributed by atoms with van der Waals surface area (Å²) in [5.41, 5.74) is 11.3. The molecule has 0 fully saturated rings. The van der Waals surface area contributed by atoms with E-state index in [1.165, 1.54) is 0 Å². The highest BCUT2D eigenvalue weighted by Gasteiger charge is 2.33. The summed E-state index contributed by atoms with van der Waals surface area (Å²) in [7, 11) is 0. The number of ether oxygens (including phenoxy) is 2. The number of anilines is 1. The first-order valence-corrected chi connectivity index (χ1v) is 8.19. The standard InChI is InChI=1S/C18H28N4O4/c1-17(2,3)25-15(23)22(16(24)26-18(4,5)6)14(20)21-11-12-7-9-13(19)10-8-12/h7-10H,11,19H2,1-6H3,(H2,20,21). The summed E-state index contributed by atoms with van der Waals surface area (Å²) < 4.78 is 10.5. The molecule has 0 atom stereocenters. The fourth-order valence-corrected chi connectivity index (χ4v) is 1.74. The summed E-state index contributed by atoms with van der Waals surface area (Å²) in [5.74, 6) is -0.315. The van der Waals surface area contributed by atoms with Crippen molar-refractivity contribution in [2.24, 2.45) is 10.7 Å². The molecule has 8 heteroatoms. The zero-order valence-corrected chi connectivity index (χ0v) is 16.2. The van der Waals surface area contributed by atoms with Crippen molar-refractivity contribution in [3.05, 3.63) is 29.8 Å². The van der Waals surface area contributed by atoms with Crippen molar-refractivity contribution in [2.75, 3.05) is 5.73 Å². The smallest absolute Gasteiger partial charge is 0.427 e. The second-order valence-electron chi connectivity index (χ2n) is 7.71. The number of carbonyl (C=O) groups is 2. The molecule has 8 nitrogen and oxygen atoms in total. The zero-order chi connectivity index (χ0) is 20.1. The van der Waals surface area contributed by atoms with Crippen LogP contribution in [0, 0.1) is 0 Å². The number of nitrogens with two attached hydrogens (primary N) is 2. The minimum absolute atomic E-state index is 0.161. The number of hydrogen-bond donors (Lipinski definition) is 2. The molecular formula is C18H28N4O4. The van der Waals surface area contributed by atoms with Crippen LogP contribution in [0.2, 0.25) is 0 Å². The zero-order valence-electron chi connectivity index (χ0n) is 16.2. The molecule has 0 aliphatic rings. The van der Waals surface area contributed by atoms with Crippen molar-refractivity contribution in [2.45, 2.75) is 59.3 Å². The number of amides is 2. The number of guanidine groups is 1. The van der Waals surface area contributed by atoms with Gasteiger partial charge in [-0.2, -0.15) is 0 Å². The molecule has 1 aromatic carbocycles. The Balaban J connectivity index is 3.04. The summed E-state index contributed by atoms with van der Waals surface area (Å²) in [5, 5.41) is 0. The van der Waals surface area contributed by atoms with E-state index < -0.39 is 23.4 Å². The number of carbonyl (C=O) groups excluding carboxylic acids is 2. The Kier molecular flexibility index (Phi) is 6.60. The number of hydrogen-bond acceptors (Lipinski definition) is 6. The molecule has 0 spiro atoms. The molecule has 0 aliphatic heterocycles. The van der Waals surface area contributed by atoms with Gasteiger partial charge in [0.2, 0.25) is 5.96 Å². The van der Waals surface area contributed by atoms with Crippen LogP contribution in [0.3, 0.4) is 0 Å². The van der Waals surface area contributed by atoms with Crippen molar-refractivity contribution in [3.63, 3.8) is 0 Å². The number of imide groups is 1. The van der Waals surface area contributed by atoms with Gasteiger partial charge >= 0.3 is 12.2 Å². The lowest BCUT2D eigenvalue weighted by Crippen LogP contribution is -2.50. The van der Waals surface area contributed by atoms with E-state index in [1.807, 2.05) is 0 Å². The summed E-state index contributed by atoms with van der Waals surface area (Å²) in [6.07, 6.45) is -1.91. The molecular weight excluding hydrogens is 336 g/mol. The van der Waals surface area contributed by atoms with Gasteiger partial charge in [-0.05, 0) is 59.2 Å². The summed E-state index contributed by atoms with van der Waals surface area (Å²) in [6.45, 7) is 10.2. The summed E-state index contributed by atoms with van der Waals surface area (Å²) >= 11 is 0. The van der Waals surface area contributed by atoms with Crippen LogP contribution in [0.4, 0.5) is 15.3 Å². The van der Waals surface area contributed by atoms with Crippen LogP contribution < -0.4 is 11.5 Å². The van der Waals surface area contributed by atoms with Gasteiger partial charge in [-0.3, -0.25) is 0 Å². The van der Waals surface area contributed by atoms with Gasteiger partial charge in [0.15, 0.2) is 0 Å². The minimum atomic E-state index is -0.953. The average molecular weight is 364 g/mol. The van der Waals surface area contributed by atoms with Crippen LogP contribution in [0.25, 0.3) is 0 Å². The van der Waals surface area contributed by atoms with Gasteiger partial charge in [0.1, 0.15) is 11.2 Å². The topological polar surface area (TPSA) is 120 Å². The monoisotopic (exact) mass is 364 g/mol. The van der Waals surface area contributed by atoms with Crippen LogP contribution in [0.1, 0.15) is 47.1 Å².